The summed E-state index contributed by atoms with van der Waals surface area (Å²) in [7, 11) is -3.13. The van der Waals surface area contributed by atoms with Gasteiger partial charge in [0.1, 0.15) is 0 Å². The maximum Gasteiger partial charge on any atom is 0.225 e. The Labute approximate surface area is 136 Å². The van der Waals surface area contributed by atoms with Gasteiger partial charge in [0.05, 0.1) is 10.6 Å². The van der Waals surface area contributed by atoms with Gasteiger partial charge in [0.25, 0.3) is 0 Å². The van der Waals surface area contributed by atoms with Crippen LogP contribution in [0.3, 0.4) is 0 Å². The second kappa shape index (κ2) is 6.54. The molecule has 0 saturated carbocycles. The monoisotopic (exact) mass is 332 g/mol. The normalized spacial score (nSPS) is 15.7. The van der Waals surface area contributed by atoms with E-state index in [4.69, 9.17) is 0 Å². The molecule has 7 heteroatoms. The van der Waals surface area contributed by atoms with Gasteiger partial charge in [-0.2, -0.15) is 0 Å². The number of hydrogen-bond donors (Lipinski definition) is 0. The quantitative estimate of drug-likeness (QED) is 0.847. The third kappa shape index (κ3) is 3.44. The largest absolute Gasteiger partial charge is 0.368 e. The predicted molar refractivity (Wildman–Crippen MR) is 90.6 cm³/mol. The molecule has 6 nitrogen and oxygen atoms in total. The standard InChI is InChI=1S/C16H20N4O2S/c1-2-23(21,22)15-6-4-14(5-7-15)19-10-12-20(13-11-19)16-17-8-3-9-18-16/h3-9H,2,10-13H2,1H3. The number of nitrogens with zero attached hydrogens (tertiary/aromatic N) is 4. The highest BCUT2D eigenvalue weighted by Crippen LogP contribution is 2.21. The van der Waals surface area contributed by atoms with Crippen molar-refractivity contribution in [1.82, 2.24) is 9.97 Å². The highest BCUT2D eigenvalue weighted by atomic mass is 32.2. The molecule has 0 spiro atoms. The van der Waals surface area contributed by atoms with E-state index in [0.29, 0.717) is 4.90 Å². The summed E-state index contributed by atoms with van der Waals surface area (Å²) in [6, 6.07) is 8.97. The Balaban J connectivity index is 1.66. The second-order valence-electron chi connectivity index (χ2n) is 5.42. The lowest BCUT2D eigenvalue weighted by Gasteiger charge is -2.36. The molecule has 2 aromatic rings. The average Bonchev–Trinajstić information content (AvgIpc) is 2.63. The molecule has 2 heterocycles. The Morgan fingerprint density at radius 1 is 0.957 bits per heavy atom. The van der Waals surface area contributed by atoms with Gasteiger partial charge >= 0.3 is 0 Å². The Morgan fingerprint density at radius 3 is 2.09 bits per heavy atom. The first kappa shape index (κ1) is 15.7. The number of rotatable bonds is 4. The fourth-order valence-electron chi connectivity index (χ4n) is 2.65. The van der Waals surface area contributed by atoms with Crippen molar-refractivity contribution >= 4 is 21.5 Å². The van der Waals surface area contributed by atoms with Gasteiger partial charge in [-0.3, -0.25) is 0 Å². The summed E-state index contributed by atoms with van der Waals surface area (Å²) in [5.41, 5.74) is 1.05. The first-order chi connectivity index (χ1) is 11.1. The number of hydrogen-bond acceptors (Lipinski definition) is 6. The molecule has 1 aliphatic heterocycles. The summed E-state index contributed by atoms with van der Waals surface area (Å²) in [5.74, 6) is 0.888. The first-order valence-corrected chi connectivity index (χ1v) is 9.35. The van der Waals surface area contributed by atoms with Crippen LogP contribution >= 0.6 is 0 Å². The third-order valence-corrected chi connectivity index (χ3v) is 5.81. The SMILES string of the molecule is CCS(=O)(=O)c1ccc(N2CCN(c3ncccn3)CC2)cc1. The van der Waals surface area contributed by atoms with Crippen molar-refractivity contribution in [3.63, 3.8) is 0 Å². The van der Waals surface area contributed by atoms with Crippen molar-refractivity contribution in [2.75, 3.05) is 41.7 Å². The molecular formula is C16H20N4O2S. The van der Waals surface area contributed by atoms with Crippen LogP contribution in [0.2, 0.25) is 0 Å². The van der Waals surface area contributed by atoms with Crippen LogP contribution in [0.1, 0.15) is 6.92 Å². The minimum atomic E-state index is -3.13. The van der Waals surface area contributed by atoms with Gasteiger partial charge in [-0.1, -0.05) is 6.92 Å². The van der Waals surface area contributed by atoms with Crippen LogP contribution in [0.25, 0.3) is 0 Å². The van der Waals surface area contributed by atoms with Crippen molar-refractivity contribution in [2.45, 2.75) is 11.8 Å². The van der Waals surface area contributed by atoms with E-state index in [2.05, 4.69) is 19.8 Å². The highest BCUT2D eigenvalue weighted by Gasteiger charge is 2.19. The summed E-state index contributed by atoms with van der Waals surface area (Å²) in [5, 5.41) is 0. The van der Waals surface area contributed by atoms with Gasteiger partial charge in [0, 0.05) is 44.3 Å². The molecule has 1 aromatic heterocycles. The fourth-order valence-corrected chi connectivity index (χ4v) is 3.53. The van der Waals surface area contributed by atoms with Crippen LogP contribution in [-0.2, 0) is 9.84 Å². The number of anilines is 2. The van der Waals surface area contributed by atoms with E-state index < -0.39 is 9.84 Å². The van der Waals surface area contributed by atoms with Crippen LogP contribution in [0.15, 0.2) is 47.6 Å². The molecular weight excluding hydrogens is 312 g/mol. The fraction of sp³-hybridized carbons (Fsp3) is 0.375. The lowest BCUT2D eigenvalue weighted by atomic mass is 10.2. The Hall–Kier alpha value is -2.15. The summed E-state index contributed by atoms with van der Waals surface area (Å²) < 4.78 is 23.7. The van der Waals surface area contributed by atoms with E-state index >= 15 is 0 Å². The average molecular weight is 332 g/mol. The lowest BCUT2D eigenvalue weighted by Crippen LogP contribution is -2.47. The second-order valence-corrected chi connectivity index (χ2v) is 7.70. The Bertz CT molecular complexity index is 739. The minimum Gasteiger partial charge on any atom is -0.368 e. The van der Waals surface area contributed by atoms with Crippen molar-refractivity contribution in [3.05, 3.63) is 42.7 Å². The van der Waals surface area contributed by atoms with Crippen LogP contribution in [-0.4, -0.2) is 50.3 Å². The number of piperazine rings is 1. The smallest absolute Gasteiger partial charge is 0.225 e. The van der Waals surface area contributed by atoms with Gasteiger partial charge < -0.3 is 9.80 Å². The zero-order chi connectivity index (χ0) is 16.3. The van der Waals surface area contributed by atoms with E-state index in [1.165, 1.54) is 0 Å². The van der Waals surface area contributed by atoms with Crippen LogP contribution in [0, 0.1) is 0 Å². The topological polar surface area (TPSA) is 66.4 Å². The summed E-state index contributed by atoms with van der Waals surface area (Å²) >= 11 is 0. The maximum atomic E-state index is 11.9. The van der Waals surface area contributed by atoms with Crippen molar-refractivity contribution in [3.8, 4) is 0 Å². The zero-order valence-electron chi connectivity index (χ0n) is 13.1. The zero-order valence-corrected chi connectivity index (χ0v) is 13.9. The van der Waals surface area contributed by atoms with Gasteiger partial charge in [0.15, 0.2) is 9.84 Å². The van der Waals surface area contributed by atoms with Crippen LogP contribution in [0.4, 0.5) is 11.6 Å². The molecule has 1 fully saturated rings. The van der Waals surface area contributed by atoms with Crippen molar-refractivity contribution in [2.24, 2.45) is 0 Å². The summed E-state index contributed by atoms with van der Waals surface area (Å²) in [4.78, 5) is 13.4. The highest BCUT2D eigenvalue weighted by molar-refractivity contribution is 7.91. The van der Waals surface area contributed by atoms with Crippen LogP contribution < -0.4 is 9.80 Å². The van der Waals surface area contributed by atoms with E-state index in [1.807, 2.05) is 18.2 Å². The van der Waals surface area contributed by atoms with Gasteiger partial charge in [-0.05, 0) is 30.3 Å². The molecule has 0 amide bonds. The molecule has 0 bridgehead atoms. The minimum absolute atomic E-state index is 0.127. The van der Waals surface area contributed by atoms with E-state index in [-0.39, 0.29) is 5.75 Å². The molecule has 3 rings (SSSR count). The van der Waals surface area contributed by atoms with E-state index in [9.17, 15) is 8.42 Å². The molecule has 0 N–H and O–H groups in total. The number of aromatic nitrogens is 2. The number of benzene rings is 1. The molecule has 23 heavy (non-hydrogen) atoms. The lowest BCUT2D eigenvalue weighted by molar-refractivity contribution is 0.597. The van der Waals surface area contributed by atoms with E-state index in [0.717, 1.165) is 37.8 Å². The molecule has 1 aromatic carbocycles. The Kier molecular flexibility index (Phi) is 4.47. The summed E-state index contributed by atoms with van der Waals surface area (Å²) in [6.07, 6.45) is 3.50. The summed E-state index contributed by atoms with van der Waals surface area (Å²) in [6.45, 7) is 5.07. The van der Waals surface area contributed by atoms with Crippen LogP contribution in [0.5, 0.6) is 0 Å². The van der Waals surface area contributed by atoms with Gasteiger partial charge in [0.2, 0.25) is 5.95 Å². The third-order valence-electron chi connectivity index (χ3n) is 4.06. The van der Waals surface area contributed by atoms with Gasteiger partial charge in [-0.15, -0.1) is 0 Å². The molecule has 0 unspecified atom stereocenters. The predicted octanol–water partition coefficient (Wildman–Crippen LogP) is 1.60. The molecule has 1 aliphatic rings. The van der Waals surface area contributed by atoms with Crippen molar-refractivity contribution < 1.29 is 8.42 Å². The molecule has 0 atom stereocenters. The molecule has 1 saturated heterocycles. The maximum absolute atomic E-state index is 11.9. The Morgan fingerprint density at radius 2 is 1.52 bits per heavy atom. The molecule has 122 valence electrons. The first-order valence-electron chi connectivity index (χ1n) is 7.70. The number of sulfone groups is 1. The van der Waals surface area contributed by atoms with E-state index in [1.54, 1.807) is 31.5 Å². The van der Waals surface area contributed by atoms with Gasteiger partial charge in [-0.25, -0.2) is 18.4 Å². The molecule has 0 radical (unpaired) electrons. The molecule has 0 aliphatic carbocycles. The van der Waals surface area contributed by atoms with Crippen molar-refractivity contribution in [1.29, 1.82) is 0 Å².